The summed E-state index contributed by atoms with van der Waals surface area (Å²) in [4.78, 5) is 99.4. The summed E-state index contributed by atoms with van der Waals surface area (Å²) in [5.41, 5.74) is -8.60. The standard InChI is InChI=1S/C63H85NO17/c1-13-14-15-16-17-18-19-20-21-22-23-24-25-26-27-28-32-35-48(67)77-50(44(36-40(2)3)64-57(71)81-59(6,7)8)56(70)76-45-38-63(73)54(79-55(69)43-33-30-29-31-34-43)52-61(11,46(66)37-47-62(52,39-75-47)80-42(5)65)53(68)51(78-58(72)74-12)49(41(45)4)60(63,9)10/h14-15,17-18,20-21,23-24,26-27,29-31,33-34,36,44-47,50-52,54,66,73H,13,16,19,22,25,28,32,35,37-39H2,1-12H3,(H,64,71)/b15-14-,18-17-,21-20-,24-23-,27-26-/t44-,45-,46-,47+,50+,51+,52?,54-,61+,62-,63+/m0/s1. The number of amides is 1. The summed E-state index contributed by atoms with van der Waals surface area (Å²) < 4.78 is 47.2. The highest BCUT2D eigenvalue weighted by Crippen LogP contribution is 2.64. The molecule has 5 rings (SSSR count). The lowest BCUT2D eigenvalue weighted by Gasteiger charge is -2.67. The van der Waals surface area contributed by atoms with Crippen molar-refractivity contribution in [3.8, 4) is 0 Å². The number of benzene rings is 1. The van der Waals surface area contributed by atoms with Crippen LogP contribution in [0.3, 0.4) is 0 Å². The number of hydrogen-bond acceptors (Lipinski definition) is 17. The molecule has 11 atom stereocenters. The van der Waals surface area contributed by atoms with Gasteiger partial charge in [0.25, 0.3) is 0 Å². The molecule has 3 aliphatic carbocycles. The number of aliphatic hydroxyl groups is 2. The van der Waals surface area contributed by atoms with E-state index in [1.807, 2.05) is 12.2 Å². The van der Waals surface area contributed by atoms with Crippen LogP contribution in [0.1, 0.15) is 151 Å². The number of alkyl carbamates (subject to hydrolysis) is 1. The van der Waals surface area contributed by atoms with Crippen molar-refractivity contribution in [2.24, 2.45) is 16.7 Å². The zero-order valence-corrected chi connectivity index (χ0v) is 49.2. The Kier molecular flexibility index (Phi) is 22.8. The number of ketones is 1. The summed E-state index contributed by atoms with van der Waals surface area (Å²) in [5, 5.41) is 28.9. The van der Waals surface area contributed by atoms with E-state index in [2.05, 4.69) is 60.8 Å². The Morgan fingerprint density at radius 1 is 0.852 bits per heavy atom. The number of allylic oxidation sites excluding steroid dienone is 11. The lowest BCUT2D eigenvalue weighted by Crippen LogP contribution is -2.82. The first-order valence-corrected chi connectivity index (χ1v) is 28.0. The van der Waals surface area contributed by atoms with E-state index in [1.165, 1.54) is 45.9 Å². The molecule has 1 aromatic rings. The molecule has 3 N–H and O–H groups in total. The zero-order chi connectivity index (χ0) is 59.9. The second kappa shape index (κ2) is 28.4. The van der Waals surface area contributed by atoms with E-state index in [0.717, 1.165) is 39.7 Å². The molecule has 1 aliphatic heterocycles. The van der Waals surface area contributed by atoms with Crippen molar-refractivity contribution >= 4 is 41.9 Å². The molecule has 0 aromatic heterocycles. The van der Waals surface area contributed by atoms with Crippen LogP contribution in [0.4, 0.5) is 9.59 Å². The number of Topliss-reactive ketones (excluding diaryl/α,β-unsaturated/α-hetero) is 1. The Morgan fingerprint density at radius 2 is 1.44 bits per heavy atom. The average Bonchev–Trinajstić information content (AvgIpc) is 2.93. The molecule has 18 heteroatoms. The number of carbonyl (C=O) groups excluding carboxylic acids is 7. The fourth-order valence-corrected chi connectivity index (χ4v) is 11.4. The number of esters is 4. The third kappa shape index (κ3) is 15.7. The number of ether oxygens (including phenoxy) is 8. The SMILES string of the molecule is CC/C=C\C/C=C\C/C=C\C/C=C\C/C=C\CCCC(=O)O[C@@H](C(=O)O[C@H]1C[C@@]2(O)[C@@H](OC(=O)c3ccccc3)C3[C@](C)(C(=O)[C@H](OC(=O)OC)C(=C1C)C2(C)C)[C@@H](O)C[C@H]1OC[C@@]31OC(C)=O)[C@H](C=C(C)C)NC(=O)OC(C)(C)C. The number of nitrogens with one attached hydrogen (secondary N) is 1. The Balaban J connectivity index is 1.54. The maximum Gasteiger partial charge on any atom is 0.509 e. The molecular weight excluding hydrogens is 1040 g/mol. The minimum Gasteiger partial charge on any atom is -0.455 e. The second-order valence-corrected chi connectivity index (χ2v) is 23.1. The first kappa shape index (κ1) is 65.2. The van der Waals surface area contributed by atoms with E-state index in [9.17, 15) is 34.2 Å². The van der Waals surface area contributed by atoms with Crippen LogP contribution in [0.15, 0.2) is 114 Å². The largest absolute Gasteiger partial charge is 0.509 e. The van der Waals surface area contributed by atoms with Gasteiger partial charge in [-0.3, -0.25) is 14.4 Å². The van der Waals surface area contributed by atoms with Gasteiger partial charge < -0.3 is 53.4 Å². The highest BCUT2D eigenvalue weighted by molar-refractivity contribution is 5.95. The summed E-state index contributed by atoms with van der Waals surface area (Å²) in [7, 11) is 1.02. The molecule has 3 fully saturated rings. The maximum atomic E-state index is 15.8. The summed E-state index contributed by atoms with van der Waals surface area (Å²) in [6.45, 7) is 17.2. The molecule has 1 saturated heterocycles. The van der Waals surface area contributed by atoms with Crippen LogP contribution in [-0.2, 0) is 57.1 Å². The van der Waals surface area contributed by atoms with Gasteiger partial charge in [0.2, 0.25) is 6.10 Å². The van der Waals surface area contributed by atoms with Gasteiger partial charge in [0.1, 0.15) is 29.5 Å². The first-order valence-electron chi connectivity index (χ1n) is 28.0. The van der Waals surface area contributed by atoms with Crippen LogP contribution in [0, 0.1) is 16.7 Å². The molecule has 0 spiro atoms. The van der Waals surface area contributed by atoms with Gasteiger partial charge in [-0.15, -0.1) is 0 Å². The number of unbranched alkanes of at least 4 members (excludes halogenated alkanes) is 1. The van der Waals surface area contributed by atoms with Crippen LogP contribution in [0.25, 0.3) is 0 Å². The van der Waals surface area contributed by atoms with Gasteiger partial charge in [-0.25, -0.2) is 19.2 Å². The lowest BCUT2D eigenvalue weighted by atomic mass is 9.44. The number of fused-ring (bicyclic) bond motifs is 5. The van der Waals surface area contributed by atoms with Gasteiger partial charge >= 0.3 is 36.1 Å². The fourth-order valence-electron chi connectivity index (χ4n) is 11.4. The van der Waals surface area contributed by atoms with Crippen molar-refractivity contribution in [2.75, 3.05) is 13.7 Å². The highest BCUT2D eigenvalue weighted by Gasteiger charge is 2.78. The monoisotopic (exact) mass is 1130 g/mol. The van der Waals surface area contributed by atoms with Crippen LogP contribution >= 0.6 is 0 Å². The number of rotatable bonds is 23. The minimum atomic E-state index is -2.49. The fraction of sp³-hybridized carbons (Fsp3) is 0.571. The quantitative estimate of drug-likeness (QED) is 0.0399. The van der Waals surface area contributed by atoms with Gasteiger partial charge in [0.15, 0.2) is 17.5 Å². The van der Waals surface area contributed by atoms with E-state index in [-0.39, 0.29) is 36.2 Å². The summed E-state index contributed by atoms with van der Waals surface area (Å²) in [5.74, 6) is -6.38. The van der Waals surface area contributed by atoms with Crippen molar-refractivity contribution in [3.63, 3.8) is 0 Å². The van der Waals surface area contributed by atoms with Crippen LogP contribution < -0.4 is 5.32 Å². The van der Waals surface area contributed by atoms with Crippen molar-refractivity contribution in [3.05, 3.63) is 119 Å². The normalized spacial score (nSPS) is 27.8. The lowest BCUT2D eigenvalue weighted by molar-refractivity contribution is -0.346. The minimum absolute atomic E-state index is 0.0382. The van der Waals surface area contributed by atoms with Gasteiger partial charge in [-0.2, -0.15) is 0 Å². The first-order chi connectivity index (χ1) is 38.2. The molecule has 2 bridgehead atoms. The van der Waals surface area contributed by atoms with Crippen LogP contribution in [0.2, 0.25) is 0 Å². The summed E-state index contributed by atoms with van der Waals surface area (Å²) in [6, 6.07) is 6.40. The maximum absolute atomic E-state index is 15.8. The second-order valence-electron chi connectivity index (χ2n) is 23.1. The summed E-state index contributed by atoms with van der Waals surface area (Å²) >= 11 is 0. The molecule has 0 radical (unpaired) electrons. The predicted octanol–water partition coefficient (Wildman–Crippen LogP) is 10.1. The molecular formula is C63H85NO17. The van der Waals surface area contributed by atoms with Crippen molar-refractivity contribution in [1.29, 1.82) is 0 Å². The Morgan fingerprint density at radius 3 is 1.98 bits per heavy atom. The van der Waals surface area contributed by atoms with Crippen molar-refractivity contribution in [2.45, 2.75) is 200 Å². The van der Waals surface area contributed by atoms with E-state index < -0.39 is 125 Å². The Labute approximate surface area is 477 Å². The third-order valence-corrected chi connectivity index (χ3v) is 15.5. The molecule has 1 heterocycles. The van der Waals surface area contributed by atoms with Crippen molar-refractivity contribution < 1.29 is 81.7 Å². The zero-order valence-electron chi connectivity index (χ0n) is 49.2. The van der Waals surface area contributed by atoms with E-state index in [1.54, 1.807) is 52.8 Å². The average molecular weight is 1130 g/mol. The molecule has 1 amide bonds. The summed E-state index contributed by atoms with van der Waals surface area (Å²) in [6.07, 6.45) is 14.1. The number of carbonyl (C=O) groups is 7. The number of methoxy groups -OCH3 is 1. The molecule has 81 heavy (non-hydrogen) atoms. The molecule has 1 unspecified atom stereocenters. The Bertz CT molecular complexity index is 2630. The number of aliphatic hydroxyl groups excluding tert-OH is 1. The Hall–Kier alpha value is -6.63. The molecule has 1 aromatic carbocycles. The van der Waals surface area contributed by atoms with Gasteiger partial charge in [-0.05, 0) is 117 Å². The molecule has 4 aliphatic rings. The molecule has 444 valence electrons. The predicted molar refractivity (Wildman–Crippen MR) is 301 cm³/mol. The van der Waals surface area contributed by atoms with Gasteiger partial charge in [0, 0.05) is 31.6 Å². The third-order valence-electron chi connectivity index (χ3n) is 15.5. The smallest absolute Gasteiger partial charge is 0.455 e. The van der Waals surface area contributed by atoms with E-state index in [4.69, 9.17) is 37.9 Å². The van der Waals surface area contributed by atoms with Gasteiger partial charge in [-0.1, -0.05) is 111 Å². The highest BCUT2D eigenvalue weighted by atomic mass is 16.7. The molecule has 18 nitrogen and oxygen atoms in total. The molecule has 2 saturated carbocycles. The number of hydrogen-bond donors (Lipinski definition) is 3. The van der Waals surface area contributed by atoms with Crippen LogP contribution in [0.5, 0.6) is 0 Å². The van der Waals surface area contributed by atoms with Gasteiger partial charge in [0.05, 0.1) is 42.8 Å². The van der Waals surface area contributed by atoms with Crippen LogP contribution in [-0.4, -0.2) is 125 Å². The van der Waals surface area contributed by atoms with E-state index in [0.29, 0.717) is 24.8 Å². The van der Waals surface area contributed by atoms with E-state index >= 15 is 9.59 Å². The van der Waals surface area contributed by atoms with Crippen molar-refractivity contribution in [1.82, 2.24) is 5.32 Å². The topological polar surface area (TPSA) is 246 Å².